The molecule has 1 unspecified atom stereocenters. The molecule has 0 fully saturated rings. The standard InChI is InChI=1S/C12H15BrN2O/c1-2-3-11(16)8-15-10-5-4-9(7-14)12(13)6-10/h4-6,11,15-16H,2-3,8H2,1H3. The molecule has 0 amide bonds. The van der Waals surface area contributed by atoms with Gasteiger partial charge in [0.25, 0.3) is 0 Å². The van der Waals surface area contributed by atoms with Gasteiger partial charge in [-0.05, 0) is 40.5 Å². The number of halogens is 1. The number of nitrogens with one attached hydrogen (secondary N) is 1. The highest BCUT2D eigenvalue weighted by atomic mass is 79.9. The summed E-state index contributed by atoms with van der Waals surface area (Å²) in [6, 6.07) is 7.51. The Morgan fingerprint density at radius 3 is 2.88 bits per heavy atom. The van der Waals surface area contributed by atoms with Crippen LogP contribution in [0, 0.1) is 11.3 Å². The minimum Gasteiger partial charge on any atom is -0.391 e. The maximum atomic E-state index is 9.55. The summed E-state index contributed by atoms with van der Waals surface area (Å²) in [5.41, 5.74) is 1.51. The Labute approximate surface area is 104 Å². The van der Waals surface area contributed by atoms with Gasteiger partial charge in [-0.3, -0.25) is 0 Å². The fourth-order valence-electron chi connectivity index (χ4n) is 1.39. The zero-order chi connectivity index (χ0) is 12.0. The number of anilines is 1. The topological polar surface area (TPSA) is 56.0 Å². The van der Waals surface area contributed by atoms with Gasteiger partial charge in [-0.25, -0.2) is 0 Å². The Bertz CT molecular complexity index is 387. The van der Waals surface area contributed by atoms with Crippen molar-refractivity contribution < 1.29 is 5.11 Å². The summed E-state index contributed by atoms with van der Waals surface area (Å²) in [7, 11) is 0. The van der Waals surface area contributed by atoms with Crippen molar-refractivity contribution in [3.63, 3.8) is 0 Å². The summed E-state index contributed by atoms with van der Waals surface area (Å²) in [5.74, 6) is 0. The van der Waals surface area contributed by atoms with E-state index < -0.39 is 0 Å². The molecule has 0 aromatic heterocycles. The average molecular weight is 283 g/mol. The zero-order valence-electron chi connectivity index (χ0n) is 9.20. The number of nitrogens with zero attached hydrogens (tertiary/aromatic N) is 1. The van der Waals surface area contributed by atoms with Gasteiger partial charge in [0.15, 0.2) is 0 Å². The molecule has 0 radical (unpaired) electrons. The van der Waals surface area contributed by atoms with E-state index in [9.17, 15) is 5.11 Å². The van der Waals surface area contributed by atoms with Crippen LogP contribution in [-0.4, -0.2) is 17.8 Å². The molecule has 4 heteroatoms. The molecule has 0 aliphatic rings. The third-order valence-electron chi connectivity index (χ3n) is 2.25. The van der Waals surface area contributed by atoms with Crippen molar-refractivity contribution in [3.8, 4) is 6.07 Å². The predicted molar refractivity (Wildman–Crippen MR) is 68.3 cm³/mol. The molecule has 0 spiro atoms. The Balaban J connectivity index is 2.56. The van der Waals surface area contributed by atoms with Crippen molar-refractivity contribution in [1.82, 2.24) is 0 Å². The Morgan fingerprint density at radius 2 is 2.31 bits per heavy atom. The lowest BCUT2D eigenvalue weighted by molar-refractivity contribution is 0.176. The first-order valence-corrected chi connectivity index (χ1v) is 6.08. The second-order valence-corrected chi connectivity index (χ2v) is 4.48. The monoisotopic (exact) mass is 282 g/mol. The molecule has 0 aliphatic carbocycles. The number of hydrogen-bond acceptors (Lipinski definition) is 3. The van der Waals surface area contributed by atoms with E-state index in [1.807, 2.05) is 19.1 Å². The van der Waals surface area contributed by atoms with E-state index >= 15 is 0 Å². The molecule has 3 nitrogen and oxygen atoms in total. The summed E-state index contributed by atoms with van der Waals surface area (Å²) >= 11 is 3.32. The second-order valence-electron chi connectivity index (χ2n) is 3.63. The first kappa shape index (κ1) is 13.0. The number of aliphatic hydroxyl groups excluding tert-OH is 1. The normalized spacial score (nSPS) is 11.9. The highest BCUT2D eigenvalue weighted by molar-refractivity contribution is 9.10. The van der Waals surface area contributed by atoms with E-state index in [0.29, 0.717) is 12.1 Å². The maximum absolute atomic E-state index is 9.55. The average Bonchev–Trinajstić information content (AvgIpc) is 2.27. The summed E-state index contributed by atoms with van der Waals surface area (Å²) in [6.45, 7) is 2.58. The molecule has 1 atom stereocenters. The van der Waals surface area contributed by atoms with Gasteiger partial charge in [0.1, 0.15) is 6.07 Å². The van der Waals surface area contributed by atoms with Crippen LogP contribution in [0.3, 0.4) is 0 Å². The van der Waals surface area contributed by atoms with Crippen LogP contribution in [0.5, 0.6) is 0 Å². The van der Waals surface area contributed by atoms with Crippen LogP contribution in [0.1, 0.15) is 25.3 Å². The van der Waals surface area contributed by atoms with E-state index in [2.05, 4.69) is 27.3 Å². The largest absolute Gasteiger partial charge is 0.391 e. The Kier molecular flexibility index (Phi) is 5.30. The van der Waals surface area contributed by atoms with E-state index in [4.69, 9.17) is 5.26 Å². The molecule has 0 saturated carbocycles. The van der Waals surface area contributed by atoms with Gasteiger partial charge >= 0.3 is 0 Å². The number of nitriles is 1. The fraction of sp³-hybridized carbons (Fsp3) is 0.417. The maximum Gasteiger partial charge on any atom is 0.100 e. The van der Waals surface area contributed by atoms with Crippen LogP contribution >= 0.6 is 15.9 Å². The van der Waals surface area contributed by atoms with Crippen LogP contribution in [-0.2, 0) is 0 Å². The SMILES string of the molecule is CCCC(O)CNc1ccc(C#N)c(Br)c1. The van der Waals surface area contributed by atoms with Crippen LogP contribution in [0.25, 0.3) is 0 Å². The molecule has 1 aromatic rings. The lowest BCUT2D eigenvalue weighted by atomic mass is 10.2. The van der Waals surface area contributed by atoms with Gasteiger partial charge in [-0.15, -0.1) is 0 Å². The van der Waals surface area contributed by atoms with Crippen LogP contribution in [0.4, 0.5) is 5.69 Å². The summed E-state index contributed by atoms with van der Waals surface area (Å²) < 4.78 is 0.769. The van der Waals surface area contributed by atoms with Crippen molar-refractivity contribution in [2.75, 3.05) is 11.9 Å². The van der Waals surface area contributed by atoms with Gasteiger partial charge in [0, 0.05) is 16.7 Å². The number of hydrogen-bond donors (Lipinski definition) is 2. The zero-order valence-corrected chi connectivity index (χ0v) is 10.8. The van der Waals surface area contributed by atoms with Gasteiger partial charge in [-0.1, -0.05) is 13.3 Å². The molecular formula is C12H15BrN2O. The molecule has 16 heavy (non-hydrogen) atoms. The number of aliphatic hydroxyl groups is 1. The van der Waals surface area contributed by atoms with E-state index in [1.54, 1.807) is 6.07 Å². The predicted octanol–water partition coefficient (Wildman–Crippen LogP) is 2.89. The first-order valence-electron chi connectivity index (χ1n) is 5.29. The van der Waals surface area contributed by atoms with Gasteiger partial charge in [-0.2, -0.15) is 5.26 Å². The molecule has 0 bridgehead atoms. The molecule has 0 heterocycles. The number of rotatable bonds is 5. The molecule has 1 rings (SSSR count). The smallest absolute Gasteiger partial charge is 0.100 e. The molecule has 2 N–H and O–H groups in total. The molecular weight excluding hydrogens is 268 g/mol. The van der Waals surface area contributed by atoms with Crippen molar-refractivity contribution in [3.05, 3.63) is 28.2 Å². The molecule has 1 aromatic carbocycles. The number of benzene rings is 1. The van der Waals surface area contributed by atoms with Gasteiger partial charge in [0.2, 0.25) is 0 Å². The van der Waals surface area contributed by atoms with Crippen molar-refractivity contribution >= 4 is 21.6 Å². The first-order chi connectivity index (χ1) is 7.67. The lowest BCUT2D eigenvalue weighted by Crippen LogP contribution is -2.18. The lowest BCUT2D eigenvalue weighted by Gasteiger charge is -2.12. The highest BCUT2D eigenvalue weighted by Crippen LogP contribution is 2.20. The second kappa shape index (κ2) is 6.51. The third-order valence-corrected chi connectivity index (χ3v) is 2.91. The van der Waals surface area contributed by atoms with Crippen molar-refractivity contribution in [1.29, 1.82) is 5.26 Å². The molecule has 86 valence electrons. The molecule has 0 saturated heterocycles. The van der Waals surface area contributed by atoms with E-state index in [0.717, 1.165) is 23.0 Å². The van der Waals surface area contributed by atoms with E-state index in [-0.39, 0.29) is 6.10 Å². The highest BCUT2D eigenvalue weighted by Gasteiger charge is 2.04. The summed E-state index contributed by atoms with van der Waals surface area (Å²) in [4.78, 5) is 0. The quantitative estimate of drug-likeness (QED) is 0.873. The Hall–Kier alpha value is -1.05. The summed E-state index contributed by atoms with van der Waals surface area (Å²) in [5, 5.41) is 21.4. The van der Waals surface area contributed by atoms with Crippen LogP contribution < -0.4 is 5.32 Å². The van der Waals surface area contributed by atoms with Crippen molar-refractivity contribution in [2.45, 2.75) is 25.9 Å². The van der Waals surface area contributed by atoms with Gasteiger partial charge in [0.05, 0.1) is 11.7 Å². The molecule has 0 aliphatic heterocycles. The van der Waals surface area contributed by atoms with E-state index in [1.165, 1.54) is 0 Å². The fourth-order valence-corrected chi connectivity index (χ4v) is 1.85. The minimum atomic E-state index is -0.320. The summed E-state index contributed by atoms with van der Waals surface area (Å²) in [6.07, 6.45) is 1.45. The minimum absolute atomic E-state index is 0.320. The van der Waals surface area contributed by atoms with Crippen molar-refractivity contribution in [2.24, 2.45) is 0 Å². The van der Waals surface area contributed by atoms with Gasteiger partial charge < -0.3 is 10.4 Å². The third kappa shape index (κ3) is 3.84. The van der Waals surface area contributed by atoms with Crippen LogP contribution in [0.15, 0.2) is 22.7 Å². The Morgan fingerprint density at radius 1 is 1.56 bits per heavy atom. The van der Waals surface area contributed by atoms with Crippen LogP contribution in [0.2, 0.25) is 0 Å².